The van der Waals surface area contributed by atoms with Crippen LogP contribution < -0.4 is 15.5 Å². The minimum Gasteiger partial charge on any atom is -0.497 e. The normalized spacial score (nSPS) is 17.9. The lowest BCUT2D eigenvalue weighted by molar-refractivity contribution is -0.116. The summed E-state index contributed by atoms with van der Waals surface area (Å²) in [5.74, 6) is 0.704. The Kier molecular flexibility index (Phi) is 5.39. The van der Waals surface area contributed by atoms with E-state index in [0.717, 1.165) is 17.1 Å². The van der Waals surface area contributed by atoms with Crippen molar-refractivity contribution in [3.05, 3.63) is 65.7 Å². The van der Waals surface area contributed by atoms with Crippen LogP contribution >= 0.6 is 11.8 Å². The summed E-state index contributed by atoms with van der Waals surface area (Å²) in [5, 5.41) is 11.1. The van der Waals surface area contributed by atoms with Crippen molar-refractivity contribution in [2.45, 2.75) is 29.8 Å². The van der Waals surface area contributed by atoms with Crippen molar-refractivity contribution in [3.63, 3.8) is 0 Å². The number of aryl methyl sites for hydroxylation is 1. The van der Waals surface area contributed by atoms with Crippen LogP contribution in [0.15, 0.2) is 53.7 Å². The van der Waals surface area contributed by atoms with E-state index in [1.807, 2.05) is 35.9 Å². The van der Waals surface area contributed by atoms with Crippen LogP contribution in [0.4, 0.5) is 10.1 Å². The van der Waals surface area contributed by atoms with Gasteiger partial charge in [-0.05, 0) is 29.8 Å². The first kappa shape index (κ1) is 19.3. The number of carbonyl (C=O) groups excluding carboxylic acids is 1. The Morgan fingerprint density at radius 1 is 1.24 bits per heavy atom. The molecule has 150 valence electrons. The third-order valence-electron chi connectivity index (χ3n) is 4.68. The molecule has 2 heterocycles. The van der Waals surface area contributed by atoms with Crippen molar-refractivity contribution >= 4 is 23.4 Å². The highest BCUT2D eigenvalue weighted by atomic mass is 32.2. The van der Waals surface area contributed by atoms with Crippen molar-refractivity contribution in [2.75, 3.05) is 17.9 Å². The molecule has 1 aliphatic rings. The highest BCUT2D eigenvalue weighted by Crippen LogP contribution is 2.38. The third-order valence-corrected chi connectivity index (χ3v) is 5.90. The van der Waals surface area contributed by atoms with E-state index in [9.17, 15) is 9.18 Å². The number of carbonyl (C=O) groups is 1. The van der Waals surface area contributed by atoms with Crippen LogP contribution in [0.1, 0.15) is 24.4 Å². The van der Waals surface area contributed by atoms with Crippen molar-refractivity contribution in [3.8, 4) is 5.75 Å². The molecule has 2 atom stereocenters. The summed E-state index contributed by atoms with van der Waals surface area (Å²) in [4.78, 5) is 13.1. The molecule has 7 nitrogen and oxygen atoms in total. The smallest absolute Gasteiger partial charge is 0.240 e. The van der Waals surface area contributed by atoms with Gasteiger partial charge < -0.3 is 15.5 Å². The zero-order chi connectivity index (χ0) is 20.4. The molecule has 0 fully saturated rings. The van der Waals surface area contributed by atoms with Gasteiger partial charge in [0.05, 0.1) is 18.8 Å². The van der Waals surface area contributed by atoms with E-state index >= 15 is 0 Å². The number of halogens is 1. The van der Waals surface area contributed by atoms with Gasteiger partial charge >= 0.3 is 0 Å². The van der Waals surface area contributed by atoms with E-state index in [1.165, 1.54) is 23.9 Å². The SMILES string of the molecule is CCc1nnc2n1NC(c1ccc(OC)cc1)C(C(=O)Nc1ccccc1F)S2. The maximum absolute atomic E-state index is 14.0. The molecule has 2 unspecified atom stereocenters. The van der Waals surface area contributed by atoms with Gasteiger partial charge in [-0.15, -0.1) is 10.2 Å². The second kappa shape index (κ2) is 8.12. The summed E-state index contributed by atoms with van der Waals surface area (Å²) < 4.78 is 21.1. The number of anilines is 1. The number of hydrogen-bond acceptors (Lipinski definition) is 6. The number of ether oxygens (including phenoxy) is 1. The van der Waals surface area contributed by atoms with Gasteiger partial charge in [0, 0.05) is 6.42 Å². The molecule has 0 saturated carbocycles. The van der Waals surface area contributed by atoms with Crippen LogP contribution in [0.25, 0.3) is 0 Å². The van der Waals surface area contributed by atoms with Crippen molar-refractivity contribution < 1.29 is 13.9 Å². The lowest BCUT2D eigenvalue weighted by atomic mass is 10.0. The molecule has 1 amide bonds. The lowest BCUT2D eigenvalue weighted by Gasteiger charge is -2.33. The van der Waals surface area contributed by atoms with Gasteiger partial charge in [0.25, 0.3) is 0 Å². The van der Waals surface area contributed by atoms with Crippen molar-refractivity contribution in [2.24, 2.45) is 0 Å². The number of nitrogens with one attached hydrogen (secondary N) is 2. The summed E-state index contributed by atoms with van der Waals surface area (Å²) in [5.41, 5.74) is 4.40. The van der Waals surface area contributed by atoms with Crippen molar-refractivity contribution in [1.82, 2.24) is 14.9 Å². The molecule has 4 rings (SSSR count). The quantitative estimate of drug-likeness (QED) is 0.667. The summed E-state index contributed by atoms with van der Waals surface area (Å²) in [6.45, 7) is 1.99. The van der Waals surface area contributed by atoms with Gasteiger partial charge in [0.2, 0.25) is 11.1 Å². The van der Waals surface area contributed by atoms with E-state index in [2.05, 4.69) is 20.9 Å². The molecule has 9 heteroatoms. The molecule has 0 radical (unpaired) electrons. The van der Waals surface area contributed by atoms with Crippen molar-refractivity contribution in [1.29, 1.82) is 0 Å². The minimum absolute atomic E-state index is 0.146. The second-order valence-electron chi connectivity index (χ2n) is 6.48. The predicted octanol–water partition coefficient (Wildman–Crippen LogP) is 3.39. The molecule has 2 aromatic carbocycles. The summed E-state index contributed by atoms with van der Waals surface area (Å²) in [7, 11) is 1.60. The number of amides is 1. The fraction of sp³-hybridized carbons (Fsp3) is 0.250. The first-order valence-electron chi connectivity index (χ1n) is 9.17. The molecule has 2 N–H and O–H groups in total. The first-order chi connectivity index (χ1) is 14.1. The van der Waals surface area contributed by atoms with E-state index in [-0.39, 0.29) is 17.6 Å². The number of para-hydroxylation sites is 1. The summed E-state index contributed by atoms with van der Waals surface area (Å²) >= 11 is 1.30. The molecular formula is C20H20FN5O2S. The molecule has 1 aromatic heterocycles. The van der Waals surface area contributed by atoms with E-state index in [4.69, 9.17) is 4.74 Å². The zero-order valence-corrected chi connectivity index (χ0v) is 16.7. The van der Waals surface area contributed by atoms with Crippen LogP contribution in [-0.4, -0.2) is 33.1 Å². The molecule has 0 aliphatic carbocycles. The lowest BCUT2D eigenvalue weighted by Crippen LogP contribution is -2.41. The van der Waals surface area contributed by atoms with E-state index in [1.54, 1.807) is 19.2 Å². The third kappa shape index (κ3) is 3.77. The number of benzene rings is 2. The number of nitrogens with zero attached hydrogens (tertiary/aromatic N) is 3. The number of aromatic nitrogens is 3. The van der Waals surface area contributed by atoms with Gasteiger partial charge in [0.15, 0.2) is 5.82 Å². The van der Waals surface area contributed by atoms with Gasteiger partial charge in [-0.3, -0.25) is 4.79 Å². The van der Waals surface area contributed by atoms with Crippen LogP contribution in [0.5, 0.6) is 5.75 Å². The van der Waals surface area contributed by atoms with Gasteiger partial charge in [-0.2, -0.15) is 0 Å². The average molecular weight is 413 g/mol. The van der Waals surface area contributed by atoms with Gasteiger partial charge in [-0.25, -0.2) is 9.07 Å². The Morgan fingerprint density at radius 2 is 2.00 bits per heavy atom. The molecule has 0 spiro atoms. The zero-order valence-electron chi connectivity index (χ0n) is 15.9. The highest BCUT2D eigenvalue weighted by molar-refractivity contribution is 8.00. The van der Waals surface area contributed by atoms with Gasteiger partial charge in [0.1, 0.15) is 16.8 Å². The van der Waals surface area contributed by atoms with Gasteiger partial charge in [-0.1, -0.05) is 43.0 Å². The number of rotatable bonds is 5. The Balaban J connectivity index is 1.68. The summed E-state index contributed by atoms with van der Waals surface area (Å²) in [6, 6.07) is 13.2. The number of methoxy groups -OCH3 is 1. The Hall–Kier alpha value is -3.07. The van der Waals surface area contributed by atoms with Crippen LogP contribution in [0.2, 0.25) is 0 Å². The Morgan fingerprint density at radius 3 is 2.69 bits per heavy atom. The molecule has 0 saturated heterocycles. The fourth-order valence-corrected chi connectivity index (χ4v) is 4.25. The standard InChI is InChI=1S/C20H20FN5O2S/c1-3-16-23-24-20-26(16)25-17(12-8-10-13(28-2)11-9-12)18(29-20)19(27)22-15-7-5-4-6-14(15)21/h4-11,17-18,25H,3H2,1-2H3,(H,22,27). The maximum Gasteiger partial charge on any atom is 0.240 e. The number of fused-ring (bicyclic) bond motifs is 1. The Labute approximate surface area is 171 Å². The second-order valence-corrected chi connectivity index (χ2v) is 7.58. The number of hydrogen-bond donors (Lipinski definition) is 2. The molecular weight excluding hydrogens is 393 g/mol. The maximum atomic E-state index is 14.0. The van der Waals surface area contributed by atoms with E-state index in [0.29, 0.717) is 11.6 Å². The summed E-state index contributed by atoms with van der Waals surface area (Å²) in [6.07, 6.45) is 0.696. The minimum atomic E-state index is -0.579. The fourth-order valence-electron chi connectivity index (χ4n) is 3.16. The predicted molar refractivity (Wildman–Crippen MR) is 109 cm³/mol. The number of thioether (sulfide) groups is 1. The molecule has 0 bridgehead atoms. The van der Waals surface area contributed by atoms with E-state index < -0.39 is 11.1 Å². The largest absolute Gasteiger partial charge is 0.497 e. The average Bonchev–Trinajstić information content (AvgIpc) is 3.16. The topological polar surface area (TPSA) is 81.1 Å². The molecule has 1 aliphatic heterocycles. The molecule has 29 heavy (non-hydrogen) atoms. The highest BCUT2D eigenvalue weighted by Gasteiger charge is 2.37. The van der Waals surface area contributed by atoms with Crippen LogP contribution in [-0.2, 0) is 11.2 Å². The monoisotopic (exact) mass is 413 g/mol. The molecule has 3 aromatic rings. The Bertz CT molecular complexity index is 1020. The first-order valence-corrected chi connectivity index (χ1v) is 10.1. The van der Waals surface area contributed by atoms with Crippen LogP contribution in [0, 0.1) is 5.82 Å². The van der Waals surface area contributed by atoms with Crippen LogP contribution in [0.3, 0.4) is 0 Å².